The lowest BCUT2D eigenvalue weighted by atomic mass is 10.00. The summed E-state index contributed by atoms with van der Waals surface area (Å²) in [6, 6.07) is 3.67. The van der Waals surface area contributed by atoms with Crippen LogP contribution in [0.2, 0.25) is 0 Å². The first-order valence-electron chi connectivity index (χ1n) is 6.72. The Morgan fingerprint density at radius 1 is 1.58 bits per heavy atom. The van der Waals surface area contributed by atoms with E-state index >= 15 is 0 Å². The average molecular weight is 267 g/mol. The van der Waals surface area contributed by atoms with Crippen molar-refractivity contribution in [3.63, 3.8) is 0 Å². The Balaban J connectivity index is 2.11. The normalized spacial score (nSPS) is 22.2. The topological polar surface area (TPSA) is 62.9 Å². The quantitative estimate of drug-likeness (QED) is 0.845. The lowest BCUT2D eigenvalue weighted by Gasteiger charge is -2.38. The van der Waals surface area contributed by atoms with Gasteiger partial charge in [0.2, 0.25) is 5.76 Å². The molecule has 1 fully saturated rings. The summed E-state index contributed by atoms with van der Waals surface area (Å²) in [5.74, 6) is 0.499. The van der Waals surface area contributed by atoms with E-state index in [9.17, 15) is 9.90 Å². The summed E-state index contributed by atoms with van der Waals surface area (Å²) in [5, 5.41) is 9.44. The van der Waals surface area contributed by atoms with Crippen LogP contribution in [-0.4, -0.2) is 42.3 Å². The molecule has 1 aromatic heterocycles. The van der Waals surface area contributed by atoms with E-state index in [2.05, 4.69) is 9.64 Å². The third kappa shape index (κ3) is 2.98. The highest BCUT2D eigenvalue weighted by molar-refractivity contribution is 5.86. The summed E-state index contributed by atoms with van der Waals surface area (Å²) in [6.07, 6.45) is 3.29. The van der Waals surface area contributed by atoms with Crippen molar-refractivity contribution in [3.05, 3.63) is 23.7 Å². The van der Waals surface area contributed by atoms with Gasteiger partial charge in [-0.3, -0.25) is 4.90 Å². The number of ether oxygens (including phenoxy) is 1. The highest BCUT2D eigenvalue weighted by Crippen LogP contribution is 2.29. The number of piperidine rings is 1. The van der Waals surface area contributed by atoms with Crippen LogP contribution in [0, 0.1) is 0 Å². The van der Waals surface area contributed by atoms with E-state index in [1.54, 1.807) is 12.1 Å². The SMILES string of the molecule is COC(=O)c1ccc(C(C)N2CCCCC2CO)o1. The highest BCUT2D eigenvalue weighted by Gasteiger charge is 2.28. The molecule has 0 radical (unpaired) electrons. The summed E-state index contributed by atoms with van der Waals surface area (Å²) >= 11 is 0. The molecule has 2 unspecified atom stereocenters. The van der Waals surface area contributed by atoms with Gasteiger partial charge in [-0.15, -0.1) is 0 Å². The van der Waals surface area contributed by atoms with Crippen molar-refractivity contribution in [3.8, 4) is 0 Å². The minimum atomic E-state index is -0.462. The van der Waals surface area contributed by atoms with Crippen LogP contribution in [0.15, 0.2) is 16.5 Å². The van der Waals surface area contributed by atoms with Gasteiger partial charge in [-0.25, -0.2) is 4.79 Å². The van der Waals surface area contributed by atoms with E-state index in [0.29, 0.717) is 0 Å². The van der Waals surface area contributed by atoms with Crippen LogP contribution < -0.4 is 0 Å². The average Bonchev–Trinajstić information content (AvgIpc) is 2.95. The van der Waals surface area contributed by atoms with Crippen molar-refractivity contribution in [2.24, 2.45) is 0 Å². The number of esters is 1. The zero-order chi connectivity index (χ0) is 13.8. The Hall–Kier alpha value is -1.33. The van der Waals surface area contributed by atoms with Gasteiger partial charge in [0.15, 0.2) is 0 Å². The maximum absolute atomic E-state index is 11.4. The molecule has 0 amide bonds. The summed E-state index contributed by atoms with van der Waals surface area (Å²) in [6.45, 7) is 3.14. The fourth-order valence-corrected chi connectivity index (χ4v) is 2.68. The summed E-state index contributed by atoms with van der Waals surface area (Å²) in [5.41, 5.74) is 0. The molecule has 0 aliphatic carbocycles. The molecule has 106 valence electrons. The van der Waals surface area contributed by atoms with E-state index in [0.717, 1.165) is 31.6 Å². The third-order valence-corrected chi connectivity index (χ3v) is 3.81. The van der Waals surface area contributed by atoms with Crippen LogP contribution in [-0.2, 0) is 4.74 Å². The fraction of sp³-hybridized carbons (Fsp3) is 0.643. The van der Waals surface area contributed by atoms with Gasteiger partial charge in [-0.2, -0.15) is 0 Å². The first kappa shape index (κ1) is 14.1. The number of aliphatic hydroxyl groups is 1. The monoisotopic (exact) mass is 267 g/mol. The van der Waals surface area contributed by atoms with Crippen LogP contribution in [0.1, 0.15) is 48.5 Å². The number of aliphatic hydroxyl groups excluding tert-OH is 1. The molecular formula is C14H21NO4. The number of nitrogens with zero attached hydrogens (tertiary/aromatic N) is 1. The molecule has 1 aliphatic rings. The smallest absolute Gasteiger partial charge is 0.373 e. The molecule has 0 spiro atoms. The standard InChI is InChI=1S/C14H21NO4/c1-10(15-8-4-3-5-11(15)9-16)12-6-7-13(19-12)14(17)18-2/h6-7,10-11,16H,3-5,8-9H2,1-2H3. The Kier molecular flexibility index (Phi) is 4.61. The molecule has 19 heavy (non-hydrogen) atoms. The molecule has 1 aliphatic heterocycles. The Morgan fingerprint density at radius 2 is 2.37 bits per heavy atom. The first-order chi connectivity index (χ1) is 9.17. The zero-order valence-corrected chi connectivity index (χ0v) is 11.5. The number of hydrogen-bond donors (Lipinski definition) is 1. The van der Waals surface area contributed by atoms with Gasteiger partial charge in [-0.1, -0.05) is 6.42 Å². The number of furan rings is 1. The maximum atomic E-state index is 11.4. The van der Waals surface area contributed by atoms with Crippen molar-refractivity contribution >= 4 is 5.97 Å². The lowest BCUT2D eigenvalue weighted by molar-refractivity contribution is 0.0468. The Morgan fingerprint density at radius 3 is 3.05 bits per heavy atom. The van der Waals surface area contributed by atoms with Crippen LogP contribution >= 0.6 is 0 Å². The number of methoxy groups -OCH3 is 1. The van der Waals surface area contributed by atoms with Crippen LogP contribution in [0.4, 0.5) is 0 Å². The maximum Gasteiger partial charge on any atom is 0.373 e. The second-order valence-corrected chi connectivity index (χ2v) is 4.94. The van der Waals surface area contributed by atoms with Gasteiger partial charge in [-0.05, 0) is 38.4 Å². The lowest BCUT2D eigenvalue weighted by Crippen LogP contribution is -2.43. The van der Waals surface area contributed by atoms with Gasteiger partial charge >= 0.3 is 5.97 Å². The second-order valence-electron chi connectivity index (χ2n) is 4.94. The number of rotatable bonds is 4. The van der Waals surface area contributed by atoms with Crippen LogP contribution in [0.5, 0.6) is 0 Å². The Bertz CT molecular complexity index is 429. The van der Waals surface area contributed by atoms with Crippen molar-refractivity contribution in [1.82, 2.24) is 4.90 Å². The molecule has 1 aromatic rings. The summed E-state index contributed by atoms with van der Waals surface area (Å²) < 4.78 is 10.2. The molecule has 1 saturated heterocycles. The van der Waals surface area contributed by atoms with Gasteiger partial charge in [0.05, 0.1) is 19.8 Å². The van der Waals surface area contributed by atoms with Crippen molar-refractivity contribution < 1.29 is 19.1 Å². The zero-order valence-electron chi connectivity index (χ0n) is 11.5. The summed E-state index contributed by atoms with van der Waals surface area (Å²) in [4.78, 5) is 13.6. The van der Waals surface area contributed by atoms with Gasteiger partial charge in [0.1, 0.15) is 5.76 Å². The van der Waals surface area contributed by atoms with Crippen LogP contribution in [0.3, 0.4) is 0 Å². The van der Waals surface area contributed by atoms with E-state index in [-0.39, 0.29) is 24.5 Å². The molecule has 5 heteroatoms. The van der Waals surface area contributed by atoms with Crippen LogP contribution in [0.25, 0.3) is 0 Å². The first-order valence-corrected chi connectivity index (χ1v) is 6.72. The minimum absolute atomic E-state index is 0.0517. The molecule has 0 saturated carbocycles. The van der Waals surface area contributed by atoms with E-state index in [4.69, 9.17) is 4.42 Å². The minimum Gasteiger partial charge on any atom is -0.463 e. The largest absolute Gasteiger partial charge is 0.463 e. The van der Waals surface area contributed by atoms with Gasteiger partial charge < -0.3 is 14.3 Å². The molecule has 0 aromatic carbocycles. The summed E-state index contributed by atoms with van der Waals surface area (Å²) in [7, 11) is 1.33. The number of hydrogen-bond acceptors (Lipinski definition) is 5. The van der Waals surface area contributed by atoms with Crippen molar-refractivity contribution in [1.29, 1.82) is 0 Å². The molecule has 2 heterocycles. The highest BCUT2D eigenvalue weighted by atomic mass is 16.5. The molecule has 5 nitrogen and oxygen atoms in total. The number of carbonyl (C=O) groups is 1. The Labute approximate surface area is 113 Å². The molecule has 1 N–H and O–H groups in total. The molecular weight excluding hydrogens is 246 g/mol. The van der Waals surface area contributed by atoms with E-state index in [1.807, 2.05) is 6.92 Å². The third-order valence-electron chi connectivity index (χ3n) is 3.81. The molecule has 2 rings (SSSR count). The van der Waals surface area contributed by atoms with Gasteiger partial charge in [0, 0.05) is 6.04 Å². The van der Waals surface area contributed by atoms with Gasteiger partial charge in [0.25, 0.3) is 0 Å². The molecule has 0 bridgehead atoms. The second kappa shape index (κ2) is 6.21. The number of carbonyl (C=O) groups excluding carboxylic acids is 1. The number of likely N-dealkylation sites (tertiary alicyclic amines) is 1. The van der Waals surface area contributed by atoms with Crippen molar-refractivity contribution in [2.75, 3.05) is 20.3 Å². The predicted octanol–water partition coefficient (Wildman–Crippen LogP) is 1.97. The van der Waals surface area contributed by atoms with E-state index < -0.39 is 5.97 Å². The fourth-order valence-electron chi connectivity index (χ4n) is 2.68. The predicted molar refractivity (Wildman–Crippen MR) is 69.9 cm³/mol. The van der Waals surface area contributed by atoms with Crippen molar-refractivity contribution in [2.45, 2.75) is 38.3 Å². The molecule has 2 atom stereocenters. The van der Waals surface area contributed by atoms with E-state index in [1.165, 1.54) is 7.11 Å².